The SMILES string of the molecule is COC(=O)[C@H](Cc1ccc(OC(=O)OC(C)C(C)C)c(OC(=O)OC(C)C(C)C)c1)NCCOC(=O)CC(C)C. The Hall–Kier alpha value is -3.34. The quantitative estimate of drug-likeness (QED) is 0.132. The number of carbonyl (C=O) groups excluding carboxylic acids is 4. The van der Waals surface area contributed by atoms with E-state index in [2.05, 4.69) is 5.32 Å². The molecule has 1 N–H and O–H groups in total. The number of esters is 2. The van der Waals surface area contributed by atoms with E-state index in [9.17, 15) is 19.2 Å². The molecule has 0 heterocycles. The fraction of sp³-hybridized carbons (Fsp3) is 0.655. The highest BCUT2D eigenvalue weighted by atomic mass is 16.8. The predicted octanol–water partition coefficient (Wildman–Crippen LogP) is 5.07. The van der Waals surface area contributed by atoms with E-state index in [4.69, 9.17) is 28.4 Å². The minimum Gasteiger partial charge on any atom is -0.468 e. The van der Waals surface area contributed by atoms with Crippen LogP contribution in [0.4, 0.5) is 9.59 Å². The highest BCUT2D eigenvalue weighted by molar-refractivity contribution is 5.76. The van der Waals surface area contributed by atoms with Crippen molar-refractivity contribution in [2.45, 2.75) is 86.5 Å². The lowest BCUT2D eigenvalue weighted by atomic mass is 10.1. The molecule has 0 aliphatic rings. The molecule has 0 radical (unpaired) electrons. The van der Waals surface area contributed by atoms with Crippen LogP contribution in [0.3, 0.4) is 0 Å². The van der Waals surface area contributed by atoms with Crippen molar-refractivity contribution in [3.63, 3.8) is 0 Å². The zero-order valence-corrected chi connectivity index (χ0v) is 25.1. The first-order chi connectivity index (χ1) is 18.7. The van der Waals surface area contributed by atoms with Crippen molar-refractivity contribution in [1.82, 2.24) is 5.32 Å². The minimum absolute atomic E-state index is 0.0543. The van der Waals surface area contributed by atoms with Gasteiger partial charge in [-0.2, -0.15) is 0 Å². The Balaban J connectivity index is 3.07. The summed E-state index contributed by atoms with van der Waals surface area (Å²) in [5.41, 5.74) is 0.565. The third-order valence-electron chi connectivity index (χ3n) is 6.09. The average molecular weight is 568 g/mol. The molecule has 0 saturated carbocycles. The molecule has 0 saturated heterocycles. The summed E-state index contributed by atoms with van der Waals surface area (Å²) in [6.45, 7) is 15.2. The van der Waals surface area contributed by atoms with Gasteiger partial charge < -0.3 is 33.7 Å². The van der Waals surface area contributed by atoms with Crippen molar-refractivity contribution in [3.8, 4) is 11.5 Å². The fourth-order valence-corrected chi connectivity index (χ4v) is 3.05. The Morgan fingerprint density at radius 2 is 1.35 bits per heavy atom. The molecule has 11 nitrogen and oxygen atoms in total. The summed E-state index contributed by atoms with van der Waals surface area (Å²) in [5, 5.41) is 3.02. The maximum absolute atomic E-state index is 12.5. The van der Waals surface area contributed by atoms with E-state index in [0.29, 0.717) is 12.0 Å². The standard InChI is InChI=1S/C29H45NO10/c1-17(2)14-26(31)36-13-12-30-23(27(32)35-9)15-22-10-11-24(39-28(33)37-20(7)18(3)4)25(16-22)40-29(34)38-21(8)19(5)6/h10-11,16-21,23,30H,12-15H2,1-9H3/t20?,21?,23-/m0/s1. The summed E-state index contributed by atoms with van der Waals surface area (Å²) in [5.74, 6) is -0.690. The van der Waals surface area contributed by atoms with Gasteiger partial charge in [-0.15, -0.1) is 0 Å². The Morgan fingerprint density at radius 1 is 0.800 bits per heavy atom. The lowest BCUT2D eigenvalue weighted by molar-refractivity contribution is -0.144. The highest BCUT2D eigenvalue weighted by Gasteiger charge is 2.24. The van der Waals surface area contributed by atoms with E-state index in [0.717, 1.165) is 0 Å². The fourth-order valence-electron chi connectivity index (χ4n) is 3.05. The summed E-state index contributed by atoms with van der Waals surface area (Å²) in [7, 11) is 1.26. The van der Waals surface area contributed by atoms with Crippen molar-refractivity contribution in [1.29, 1.82) is 0 Å². The predicted molar refractivity (Wildman–Crippen MR) is 147 cm³/mol. The molecule has 11 heteroatoms. The van der Waals surface area contributed by atoms with E-state index in [1.54, 1.807) is 19.9 Å². The molecule has 1 rings (SSSR count). The number of methoxy groups -OCH3 is 1. The van der Waals surface area contributed by atoms with Crippen molar-refractivity contribution in [3.05, 3.63) is 23.8 Å². The Kier molecular flexibility index (Phi) is 15.1. The van der Waals surface area contributed by atoms with Crippen LogP contribution in [0.5, 0.6) is 11.5 Å². The molecule has 0 amide bonds. The molecule has 0 aliphatic carbocycles. The van der Waals surface area contributed by atoms with Gasteiger partial charge in [-0.3, -0.25) is 9.59 Å². The summed E-state index contributed by atoms with van der Waals surface area (Å²) in [6, 6.07) is 3.73. The molecule has 0 spiro atoms. The van der Waals surface area contributed by atoms with Crippen LogP contribution in [-0.4, -0.2) is 62.8 Å². The molecular weight excluding hydrogens is 522 g/mol. The Bertz CT molecular complexity index is 976. The third-order valence-corrected chi connectivity index (χ3v) is 6.09. The van der Waals surface area contributed by atoms with Gasteiger partial charge in [0.25, 0.3) is 0 Å². The zero-order valence-electron chi connectivity index (χ0n) is 25.1. The molecule has 0 fully saturated rings. The number of hydrogen-bond acceptors (Lipinski definition) is 11. The largest absolute Gasteiger partial charge is 0.514 e. The first-order valence-corrected chi connectivity index (χ1v) is 13.6. The van der Waals surface area contributed by atoms with E-state index in [1.165, 1.54) is 19.2 Å². The maximum Gasteiger partial charge on any atom is 0.514 e. The second-order valence-electron chi connectivity index (χ2n) is 10.7. The topological polar surface area (TPSA) is 136 Å². The van der Waals surface area contributed by atoms with Crippen LogP contribution in [-0.2, 0) is 35.0 Å². The third kappa shape index (κ3) is 13.1. The molecule has 0 bridgehead atoms. The first kappa shape index (κ1) is 34.7. The van der Waals surface area contributed by atoms with Gasteiger partial charge in [0.1, 0.15) is 24.9 Å². The van der Waals surface area contributed by atoms with Crippen molar-refractivity contribution >= 4 is 24.2 Å². The maximum atomic E-state index is 12.5. The molecular formula is C29H45NO10. The monoisotopic (exact) mass is 567 g/mol. The first-order valence-electron chi connectivity index (χ1n) is 13.6. The summed E-state index contributed by atoms with van der Waals surface area (Å²) in [4.78, 5) is 49.0. The lowest BCUT2D eigenvalue weighted by Crippen LogP contribution is -2.41. The molecule has 0 aromatic heterocycles. The van der Waals surface area contributed by atoms with E-state index in [1.807, 2.05) is 41.5 Å². The number of benzene rings is 1. The summed E-state index contributed by atoms with van der Waals surface area (Å²) < 4.78 is 31.4. The molecule has 226 valence electrons. The van der Waals surface area contributed by atoms with Crippen LogP contribution in [0.1, 0.15) is 67.4 Å². The summed E-state index contributed by atoms with van der Waals surface area (Å²) >= 11 is 0. The normalized spacial score (nSPS) is 13.4. The average Bonchev–Trinajstić information content (AvgIpc) is 2.86. The van der Waals surface area contributed by atoms with Crippen LogP contribution in [0.2, 0.25) is 0 Å². The molecule has 1 aromatic rings. The van der Waals surface area contributed by atoms with Crippen LogP contribution in [0.25, 0.3) is 0 Å². The molecule has 40 heavy (non-hydrogen) atoms. The number of hydrogen-bond donors (Lipinski definition) is 1. The summed E-state index contributed by atoms with van der Waals surface area (Å²) in [6.07, 6.45) is -2.30. The molecule has 1 aromatic carbocycles. The van der Waals surface area contributed by atoms with Gasteiger partial charge in [0.2, 0.25) is 0 Å². The van der Waals surface area contributed by atoms with Crippen LogP contribution >= 0.6 is 0 Å². The van der Waals surface area contributed by atoms with E-state index >= 15 is 0 Å². The lowest BCUT2D eigenvalue weighted by Gasteiger charge is -2.20. The molecule has 2 unspecified atom stereocenters. The van der Waals surface area contributed by atoms with E-state index < -0.39 is 36.5 Å². The Labute approximate surface area is 237 Å². The van der Waals surface area contributed by atoms with E-state index in [-0.39, 0.29) is 54.8 Å². The number of ether oxygens (including phenoxy) is 6. The number of rotatable bonds is 15. The van der Waals surface area contributed by atoms with Gasteiger partial charge in [-0.25, -0.2) is 9.59 Å². The van der Waals surface area contributed by atoms with Crippen molar-refractivity contribution < 1.29 is 47.6 Å². The zero-order chi connectivity index (χ0) is 30.4. The van der Waals surface area contributed by atoms with Gasteiger partial charge in [0, 0.05) is 13.0 Å². The second-order valence-corrected chi connectivity index (χ2v) is 10.7. The Morgan fingerprint density at radius 3 is 1.85 bits per heavy atom. The smallest absolute Gasteiger partial charge is 0.468 e. The van der Waals surface area contributed by atoms with Gasteiger partial charge in [0.05, 0.1) is 7.11 Å². The van der Waals surface area contributed by atoms with Gasteiger partial charge in [0.15, 0.2) is 11.5 Å². The van der Waals surface area contributed by atoms with Crippen LogP contribution in [0.15, 0.2) is 18.2 Å². The minimum atomic E-state index is -0.974. The van der Waals surface area contributed by atoms with Gasteiger partial charge >= 0.3 is 24.2 Å². The second kappa shape index (κ2) is 17.4. The number of carbonyl (C=O) groups is 4. The van der Waals surface area contributed by atoms with Gasteiger partial charge in [-0.1, -0.05) is 47.6 Å². The van der Waals surface area contributed by atoms with Gasteiger partial charge in [-0.05, 0) is 55.7 Å². The van der Waals surface area contributed by atoms with Crippen molar-refractivity contribution in [2.75, 3.05) is 20.3 Å². The molecule has 3 atom stereocenters. The number of nitrogens with one attached hydrogen (secondary N) is 1. The van der Waals surface area contributed by atoms with Crippen molar-refractivity contribution in [2.24, 2.45) is 17.8 Å². The molecule has 0 aliphatic heterocycles. The van der Waals surface area contributed by atoms with Crippen LogP contribution < -0.4 is 14.8 Å². The van der Waals surface area contributed by atoms with Crippen LogP contribution in [0, 0.1) is 17.8 Å². The highest BCUT2D eigenvalue weighted by Crippen LogP contribution is 2.30.